The van der Waals surface area contributed by atoms with Crippen LogP contribution in [-0.2, 0) is 17.1 Å². The van der Waals surface area contributed by atoms with E-state index in [1.54, 1.807) is 6.92 Å². The predicted molar refractivity (Wildman–Crippen MR) is 120 cm³/mol. The van der Waals surface area contributed by atoms with E-state index in [1.807, 2.05) is 42.5 Å². The average Bonchev–Trinajstić information content (AvgIpc) is 3.45. The Bertz CT molecular complexity index is 1460. The molecular weight excluding hydrogens is 442 g/mol. The Morgan fingerprint density at radius 2 is 2.00 bits per heavy atom. The maximum Gasteiger partial charge on any atom is 0.330 e. The number of benzene rings is 2. The Morgan fingerprint density at radius 3 is 2.79 bits per heavy atom. The highest BCUT2D eigenvalue weighted by molar-refractivity contribution is 5.83. The number of ether oxygens (including phenoxy) is 2. The largest absolute Gasteiger partial charge is 0.487 e. The van der Waals surface area contributed by atoms with Crippen molar-refractivity contribution in [2.24, 2.45) is 0 Å². The highest BCUT2D eigenvalue weighted by atomic mass is 16.6. The maximum atomic E-state index is 12.3. The minimum atomic E-state index is -1.65. The van der Waals surface area contributed by atoms with Crippen molar-refractivity contribution in [1.29, 1.82) is 0 Å². The molecule has 0 bridgehead atoms. The zero-order valence-electron chi connectivity index (χ0n) is 18.3. The Morgan fingerprint density at radius 1 is 1.21 bits per heavy atom. The van der Waals surface area contributed by atoms with Crippen LogP contribution in [0.3, 0.4) is 0 Å². The number of nitrogens with one attached hydrogen (secondary N) is 1. The van der Waals surface area contributed by atoms with E-state index in [9.17, 15) is 19.8 Å². The number of nitrogens with zero attached hydrogens (tertiary/aromatic N) is 4. The summed E-state index contributed by atoms with van der Waals surface area (Å²) in [5.74, 6) is 0.662. The first-order valence-electron chi connectivity index (χ1n) is 10.7. The van der Waals surface area contributed by atoms with E-state index in [1.165, 1.54) is 21.6 Å². The van der Waals surface area contributed by atoms with Gasteiger partial charge in [0.05, 0.1) is 12.8 Å². The van der Waals surface area contributed by atoms with Crippen molar-refractivity contribution >= 4 is 10.8 Å². The van der Waals surface area contributed by atoms with Crippen molar-refractivity contribution in [3.8, 4) is 5.75 Å². The van der Waals surface area contributed by atoms with Crippen LogP contribution in [-0.4, -0.2) is 47.5 Å². The molecule has 1 aliphatic rings. The number of aliphatic hydroxyl groups excluding tert-OH is 2. The zero-order chi connectivity index (χ0) is 23.9. The fourth-order valence-corrected chi connectivity index (χ4v) is 4.09. The van der Waals surface area contributed by atoms with Crippen molar-refractivity contribution < 1.29 is 19.7 Å². The first kappa shape index (κ1) is 22.0. The number of aromatic nitrogens is 5. The molecule has 1 saturated heterocycles. The molecule has 11 nitrogen and oxygen atoms in total. The molecule has 0 saturated carbocycles. The fraction of sp³-hybridized carbons (Fsp3) is 0.304. The summed E-state index contributed by atoms with van der Waals surface area (Å²) in [5, 5.41) is 31.2. The number of hydrogen-bond donors (Lipinski definition) is 3. The Kier molecular flexibility index (Phi) is 5.52. The van der Waals surface area contributed by atoms with Gasteiger partial charge >= 0.3 is 5.69 Å². The lowest BCUT2D eigenvalue weighted by molar-refractivity contribution is -0.187. The van der Waals surface area contributed by atoms with E-state index in [4.69, 9.17) is 9.47 Å². The molecule has 4 aromatic rings. The molecule has 0 amide bonds. The van der Waals surface area contributed by atoms with Crippen molar-refractivity contribution in [2.75, 3.05) is 6.61 Å². The topological polar surface area (TPSA) is 144 Å². The second-order valence-electron chi connectivity index (χ2n) is 8.26. The van der Waals surface area contributed by atoms with Gasteiger partial charge in [0.2, 0.25) is 5.72 Å². The van der Waals surface area contributed by atoms with E-state index in [0.717, 1.165) is 10.8 Å². The molecule has 1 fully saturated rings. The van der Waals surface area contributed by atoms with Gasteiger partial charge in [-0.2, -0.15) is 0 Å². The van der Waals surface area contributed by atoms with Gasteiger partial charge in [-0.3, -0.25) is 14.3 Å². The van der Waals surface area contributed by atoms with Gasteiger partial charge in [-0.25, -0.2) is 9.48 Å². The van der Waals surface area contributed by atoms with Crippen molar-refractivity contribution in [3.63, 3.8) is 0 Å². The summed E-state index contributed by atoms with van der Waals surface area (Å²) in [6.07, 6.45) is 0.749. The molecule has 0 aliphatic carbocycles. The van der Waals surface area contributed by atoms with Gasteiger partial charge in [0.1, 0.15) is 30.4 Å². The van der Waals surface area contributed by atoms with E-state index in [2.05, 4.69) is 15.3 Å². The van der Waals surface area contributed by atoms with Gasteiger partial charge in [-0.15, -0.1) is 5.10 Å². The minimum absolute atomic E-state index is 0.00522. The molecule has 3 N–H and O–H groups in total. The first-order valence-corrected chi connectivity index (χ1v) is 10.7. The Labute approximate surface area is 192 Å². The van der Waals surface area contributed by atoms with Gasteiger partial charge in [0, 0.05) is 18.2 Å². The summed E-state index contributed by atoms with van der Waals surface area (Å²) in [4.78, 5) is 26.1. The van der Waals surface area contributed by atoms with Crippen LogP contribution in [0.2, 0.25) is 0 Å². The van der Waals surface area contributed by atoms with Gasteiger partial charge in [0.25, 0.3) is 5.56 Å². The van der Waals surface area contributed by atoms with Crippen LogP contribution in [0.1, 0.15) is 23.9 Å². The Hall–Kier alpha value is -3.80. The van der Waals surface area contributed by atoms with Gasteiger partial charge < -0.3 is 19.7 Å². The molecule has 176 valence electrons. The second-order valence-corrected chi connectivity index (χ2v) is 8.26. The molecular formula is C23H23N5O6. The molecule has 11 heteroatoms. The Balaban J connectivity index is 1.35. The third-order valence-corrected chi connectivity index (χ3v) is 6.00. The molecule has 0 unspecified atom stereocenters. The van der Waals surface area contributed by atoms with E-state index in [-0.39, 0.29) is 13.0 Å². The van der Waals surface area contributed by atoms with Crippen LogP contribution in [0.25, 0.3) is 10.8 Å². The van der Waals surface area contributed by atoms with Crippen LogP contribution >= 0.6 is 0 Å². The number of hydrogen-bond acceptors (Lipinski definition) is 8. The normalized spacial score (nSPS) is 22.3. The van der Waals surface area contributed by atoms with Crippen molar-refractivity contribution in [2.45, 2.75) is 38.0 Å². The standard InChI is InChI=1S/C23H23N5O6/c1-14-10-27(22(32)24-21(14)31)20-9-19(30)23(13-29,34-20)28-11-17(25-26-28)12-33-18-7-6-15-4-2-3-5-16(15)8-18/h2-8,10-11,19-20,29-30H,9,12-13H2,1H3,(H,24,31,32)/t19-,20+,23+/m0/s1. The highest BCUT2D eigenvalue weighted by Gasteiger charge is 2.51. The summed E-state index contributed by atoms with van der Waals surface area (Å²) in [6, 6.07) is 13.7. The van der Waals surface area contributed by atoms with Gasteiger partial charge in [-0.1, -0.05) is 35.5 Å². The summed E-state index contributed by atoms with van der Waals surface area (Å²) in [5.41, 5.74) is -2.06. The summed E-state index contributed by atoms with van der Waals surface area (Å²) < 4.78 is 14.2. The van der Waals surface area contributed by atoms with Crippen LogP contribution in [0, 0.1) is 6.92 Å². The number of rotatable bonds is 6. The van der Waals surface area contributed by atoms with Gasteiger partial charge in [0.15, 0.2) is 0 Å². The lowest BCUT2D eigenvalue weighted by Gasteiger charge is -2.29. The molecule has 2 aromatic heterocycles. The molecule has 1 aliphatic heterocycles. The quantitative estimate of drug-likeness (QED) is 0.379. The predicted octanol–water partition coefficient (Wildman–Crippen LogP) is 0.794. The molecule has 3 atom stereocenters. The third kappa shape index (κ3) is 3.79. The number of aromatic amines is 1. The summed E-state index contributed by atoms with van der Waals surface area (Å²) in [7, 11) is 0. The third-order valence-electron chi connectivity index (χ3n) is 6.00. The van der Waals surface area contributed by atoms with Gasteiger partial charge in [-0.05, 0) is 29.8 Å². The molecule has 3 heterocycles. The van der Waals surface area contributed by atoms with E-state index >= 15 is 0 Å². The second kappa shape index (κ2) is 8.52. The van der Waals surface area contributed by atoms with Crippen molar-refractivity contribution in [1.82, 2.24) is 24.5 Å². The minimum Gasteiger partial charge on any atom is -0.487 e. The van der Waals surface area contributed by atoms with Crippen LogP contribution in [0.15, 0.2) is 64.4 Å². The highest BCUT2D eigenvalue weighted by Crippen LogP contribution is 2.39. The number of aliphatic hydroxyl groups is 2. The number of H-pyrrole nitrogens is 1. The molecule has 2 aromatic carbocycles. The van der Waals surface area contributed by atoms with Crippen LogP contribution < -0.4 is 16.0 Å². The molecule has 34 heavy (non-hydrogen) atoms. The number of fused-ring (bicyclic) bond motifs is 1. The molecule has 0 spiro atoms. The van der Waals surface area contributed by atoms with E-state index < -0.39 is 35.9 Å². The SMILES string of the molecule is Cc1cn([C@H]2C[C@H](O)[C@](CO)(n3cc(COc4ccc5ccccc5c4)nn3)O2)c(=O)[nH]c1=O. The van der Waals surface area contributed by atoms with Crippen LogP contribution in [0.4, 0.5) is 0 Å². The zero-order valence-corrected chi connectivity index (χ0v) is 18.3. The molecule has 0 radical (unpaired) electrons. The number of aryl methyl sites for hydroxylation is 1. The fourth-order valence-electron chi connectivity index (χ4n) is 4.09. The smallest absolute Gasteiger partial charge is 0.330 e. The van der Waals surface area contributed by atoms with E-state index in [0.29, 0.717) is 17.0 Å². The van der Waals surface area contributed by atoms with Crippen molar-refractivity contribution in [3.05, 3.63) is 87.0 Å². The lowest BCUT2D eigenvalue weighted by Crippen LogP contribution is -2.46. The lowest BCUT2D eigenvalue weighted by atomic mass is 10.1. The summed E-state index contributed by atoms with van der Waals surface area (Å²) in [6.45, 7) is 1.05. The first-order chi connectivity index (χ1) is 16.4. The summed E-state index contributed by atoms with van der Waals surface area (Å²) >= 11 is 0. The van der Waals surface area contributed by atoms with Crippen LogP contribution in [0.5, 0.6) is 5.75 Å². The monoisotopic (exact) mass is 465 g/mol. The maximum absolute atomic E-state index is 12.3. The molecule has 5 rings (SSSR count). The average molecular weight is 465 g/mol.